The Hall–Kier alpha value is -4.69. The van der Waals surface area contributed by atoms with Crippen molar-refractivity contribution in [1.82, 2.24) is 19.6 Å². The molecule has 0 aliphatic carbocycles. The van der Waals surface area contributed by atoms with Gasteiger partial charge < -0.3 is 19.6 Å². The molecular formula is C38H44N4O4. The number of fused-ring (bicyclic) bond motifs is 1. The third kappa shape index (κ3) is 7.93. The maximum Gasteiger partial charge on any atom is 0.407 e. The number of hydrogen-bond donors (Lipinski definition) is 1. The van der Waals surface area contributed by atoms with E-state index in [4.69, 9.17) is 9.84 Å². The topological polar surface area (TPSA) is 87.9 Å². The van der Waals surface area contributed by atoms with Crippen LogP contribution in [-0.4, -0.2) is 70.5 Å². The van der Waals surface area contributed by atoms with E-state index in [9.17, 15) is 14.7 Å². The Labute approximate surface area is 271 Å². The molecule has 1 unspecified atom stereocenters. The first-order chi connectivity index (χ1) is 22.4. The highest BCUT2D eigenvalue weighted by Crippen LogP contribution is 2.36. The SMILES string of the molecule is CC/C(=C(/c1ccc(CCN(CC/C=C/C(=O)N(C)C)C(=O)O)cc1)c1ccc2c(cnn2C2CCCCO2)c1)c1ccccc1. The van der Waals surface area contributed by atoms with Gasteiger partial charge >= 0.3 is 6.09 Å². The number of amides is 2. The number of ether oxygens (including phenoxy) is 1. The van der Waals surface area contributed by atoms with Crippen LogP contribution < -0.4 is 0 Å². The highest BCUT2D eigenvalue weighted by atomic mass is 16.5. The van der Waals surface area contributed by atoms with Crippen molar-refractivity contribution in [3.05, 3.63) is 113 Å². The fourth-order valence-electron chi connectivity index (χ4n) is 6.00. The number of benzene rings is 3. The van der Waals surface area contributed by atoms with Gasteiger partial charge in [-0.1, -0.05) is 73.7 Å². The van der Waals surface area contributed by atoms with E-state index in [2.05, 4.69) is 73.7 Å². The Kier molecular flexibility index (Phi) is 11.0. The van der Waals surface area contributed by atoms with Gasteiger partial charge in [0, 0.05) is 39.2 Å². The zero-order valence-electron chi connectivity index (χ0n) is 27.1. The van der Waals surface area contributed by atoms with Crippen LogP contribution in [0.5, 0.6) is 0 Å². The molecule has 46 heavy (non-hydrogen) atoms. The van der Waals surface area contributed by atoms with Gasteiger partial charge in [0.2, 0.25) is 5.91 Å². The summed E-state index contributed by atoms with van der Waals surface area (Å²) in [5.41, 5.74) is 8.00. The Balaban J connectivity index is 1.39. The summed E-state index contributed by atoms with van der Waals surface area (Å²) in [4.78, 5) is 26.5. The van der Waals surface area contributed by atoms with Crippen molar-refractivity contribution < 1.29 is 19.4 Å². The summed E-state index contributed by atoms with van der Waals surface area (Å²) in [7, 11) is 3.37. The first kappa shape index (κ1) is 32.7. The van der Waals surface area contributed by atoms with E-state index in [1.807, 2.05) is 16.9 Å². The predicted molar refractivity (Wildman–Crippen MR) is 183 cm³/mol. The largest absolute Gasteiger partial charge is 0.465 e. The third-order valence-electron chi connectivity index (χ3n) is 8.54. The second-order valence-corrected chi connectivity index (χ2v) is 11.9. The van der Waals surface area contributed by atoms with Crippen molar-refractivity contribution in [2.45, 2.75) is 51.7 Å². The van der Waals surface area contributed by atoms with Crippen LogP contribution in [0.3, 0.4) is 0 Å². The van der Waals surface area contributed by atoms with Crippen LogP contribution in [0.1, 0.15) is 67.5 Å². The Bertz CT molecular complexity index is 1680. The van der Waals surface area contributed by atoms with Gasteiger partial charge in [0.05, 0.1) is 11.7 Å². The lowest BCUT2D eigenvalue weighted by molar-refractivity contribution is -0.123. The number of carbonyl (C=O) groups excluding carboxylic acids is 1. The van der Waals surface area contributed by atoms with Gasteiger partial charge in [-0.15, -0.1) is 0 Å². The lowest BCUT2D eigenvalue weighted by atomic mass is 9.87. The van der Waals surface area contributed by atoms with Gasteiger partial charge in [-0.25, -0.2) is 9.48 Å². The summed E-state index contributed by atoms with van der Waals surface area (Å²) in [5.74, 6) is -0.113. The Morgan fingerprint density at radius 3 is 2.41 bits per heavy atom. The van der Waals surface area contributed by atoms with E-state index in [1.165, 1.54) is 32.6 Å². The van der Waals surface area contributed by atoms with E-state index in [0.29, 0.717) is 25.9 Å². The number of carboxylic acid groups (broad SMARTS) is 1. The first-order valence-electron chi connectivity index (χ1n) is 16.2. The number of nitrogens with zero attached hydrogens (tertiary/aromatic N) is 4. The molecule has 1 fully saturated rings. The molecule has 1 atom stereocenters. The first-order valence-corrected chi connectivity index (χ1v) is 16.2. The monoisotopic (exact) mass is 620 g/mol. The normalized spacial score (nSPS) is 15.6. The van der Waals surface area contributed by atoms with Crippen molar-refractivity contribution in [2.75, 3.05) is 33.8 Å². The van der Waals surface area contributed by atoms with Crippen LogP contribution in [0.15, 0.2) is 91.1 Å². The average Bonchev–Trinajstić information content (AvgIpc) is 3.51. The summed E-state index contributed by atoms with van der Waals surface area (Å²) < 4.78 is 8.05. The lowest BCUT2D eigenvalue weighted by Gasteiger charge is -2.23. The number of rotatable bonds is 12. The molecule has 8 heteroatoms. The molecule has 0 radical (unpaired) electrons. The second-order valence-electron chi connectivity index (χ2n) is 11.9. The number of aromatic nitrogens is 2. The minimum absolute atomic E-state index is 0.0176. The number of allylic oxidation sites excluding steroid dienone is 1. The van der Waals surface area contributed by atoms with Gasteiger partial charge in [-0.2, -0.15) is 5.10 Å². The fraction of sp³-hybridized carbons (Fsp3) is 0.342. The van der Waals surface area contributed by atoms with Crippen molar-refractivity contribution in [2.24, 2.45) is 0 Å². The third-order valence-corrected chi connectivity index (χ3v) is 8.54. The number of likely N-dealkylation sites (N-methyl/N-ethyl adjacent to an activating group) is 1. The molecule has 5 rings (SSSR count). The molecule has 1 aliphatic rings. The fourth-order valence-corrected chi connectivity index (χ4v) is 6.00. The highest BCUT2D eigenvalue weighted by molar-refractivity contribution is 6.00. The van der Waals surface area contributed by atoms with Crippen LogP contribution in [-0.2, 0) is 16.0 Å². The summed E-state index contributed by atoms with van der Waals surface area (Å²) in [6.45, 7) is 3.68. The highest BCUT2D eigenvalue weighted by Gasteiger charge is 2.20. The molecule has 1 saturated heterocycles. The van der Waals surface area contributed by atoms with Gasteiger partial charge in [0.1, 0.15) is 0 Å². The predicted octanol–water partition coefficient (Wildman–Crippen LogP) is 7.66. The van der Waals surface area contributed by atoms with E-state index in [1.54, 1.807) is 20.2 Å². The van der Waals surface area contributed by atoms with Crippen LogP contribution in [0.2, 0.25) is 0 Å². The average molecular weight is 621 g/mol. The Morgan fingerprint density at radius 2 is 1.74 bits per heavy atom. The van der Waals surface area contributed by atoms with Crippen molar-refractivity contribution in [1.29, 1.82) is 0 Å². The maximum absolute atomic E-state index is 11.9. The smallest absolute Gasteiger partial charge is 0.407 e. The standard InChI is InChI=1S/C38H44N4O4/c1-4-33(29-12-6-5-7-13-29)37(31-20-21-34-32(26-31)27-39-42(34)36-15-9-11-25-46-36)30-18-16-28(17-19-30)22-24-41(38(44)45)23-10-8-14-35(43)40(2)3/h5-8,12-14,16-21,26-27,36H,4,9-11,15,22-25H2,1-3H3,(H,44,45)/b14-8+,37-33+. The maximum atomic E-state index is 11.9. The van der Waals surface area contributed by atoms with Gasteiger partial charge in [0.25, 0.3) is 0 Å². The molecule has 240 valence electrons. The molecule has 1 aliphatic heterocycles. The van der Waals surface area contributed by atoms with Gasteiger partial charge in [-0.05, 0) is 90.1 Å². The molecule has 1 aromatic heterocycles. The Morgan fingerprint density at radius 1 is 0.978 bits per heavy atom. The summed E-state index contributed by atoms with van der Waals surface area (Å²) >= 11 is 0. The van der Waals surface area contributed by atoms with Gasteiger partial charge in [0.15, 0.2) is 6.23 Å². The molecule has 2 amide bonds. The van der Waals surface area contributed by atoms with Gasteiger partial charge in [-0.3, -0.25) is 4.79 Å². The summed E-state index contributed by atoms with van der Waals surface area (Å²) in [6.07, 6.45) is 9.33. The van der Waals surface area contributed by atoms with Crippen LogP contribution in [0.25, 0.3) is 22.0 Å². The van der Waals surface area contributed by atoms with E-state index in [0.717, 1.165) is 59.9 Å². The minimum Gasteiger partial charge on any atom is -0.465 e. The minimum atomic E-state index is -0.960. The number of hydrogen-bond acceptors (Lipinski definition) is 4. The molecule has 4 aromatic rings. The van der Waals surface area contributed by atoms with Crippen LogP contribution in [0, 0.1) is 0 Å². The van der Waals surface area contributed by atoms with Crippen molar-refractivity contribution in [3.63, 3.8) is 0 Å². The molecule has 3 aromatic carbocycles. The molecule has 0 spiro atoms. The summed E-state index contributed by atoms with van der Waals surface area (Å²) in [6, 6.07) is 25.6. The molecule has 8 nitrogen and oxygen atoms in total. The van der Waals surface area contributed by atoms with Crippen LogP contribution >= 0.6 is 0 Å². The molecule has 2 heterocycles. The molecule has 0 saturated carbocycles. The zero-order valence-corrected chi connectivity index (χ0v) is 27.1. The van der Waals surface area contributed by atoms with Crippen molar-refractivity contribution >= 4 is 34.0 Å². The molecule has 1 N–H and O–H groups in total. The lowest BCUT2D eigenvalue weighted by Crippen LogP contribution is -2.32. The second kappa shape index (κ2) is 15.5. The van der Waals surface area contributed by atoms with E-state index < -0.39 is 6.09 Å². The number of carbonyl (C=O) groups is 2. The quantitative estimate of drug-likeness (QED) is 0.130. The van der Waals surface area contributed by atoms with E-state index in [-0.39, 0.29) is 12.1 Å². The van der Waals surface area contributed by atoms with Crippen LogP contribution in [0.4, 0.5) is 4.79 Å². The molecular weight excluding hydrogens is 576 g/mol. The summed E-state index contributed by atoms with van der Waals surface area (Å²) in [5, 5.41) is 15.5. The zero-order chi connectivity index (χ0) is 32.5. The van der Waals surface area contributed by atoms with E-state index >= 15 is 0 Å². The van der Waals surface area contributed by atoms with Crippen molar-refractivity contribution in [3.8, 4) is 0 Å². The molecule has 0 bridgehead atoms.